The third-order valence-electron chi connectivity index (χ3n) is 4.76. The highest BCUT2D eigenvalue weighted by molar-refractivity contribution is 5.74. The van der Waals surface area contributed by atoms with Gasteiger partial charge in [-0.2, -0.15) is 5.26 Å². The first-order valence-electron chi connectivity index (χ1n) is 8.57. The highest BCUT2D eigenvalue weighted by Crippen LogP contribution is 2.34. The van der Waals surface area contributed by atoms with Crippen LogP contribution in [-0.2, 0) is 12.0 Å². The summed E-state index contributed by atoms with van der Waals surface area (Å²) in [5.74, 6) is 0. The summed E-state index contributed by atoms with van der Waals surface area (Å²) in [4.78, 5) is 14.1. The van der Waals surface area contributed by atoms with Crippen LogP contribution in [0.5, 0.6) is 0 Å². The van der Waals surface area contributed by atoms with Crippen molar-refractivity contribution in [2.24, 2.45) is 0 Å². The van der Waals surface area contributed by atoms with E-state index in [1.807, 2.05) is 30.3 Å². The lowest BCUT2D eigenvalue weighted by Crippen LogP contribution is -2.48. The molecule has 0 aliphatic carbocycles. The molecule has 25 heavy (non-hydrogen) atoms. The van der Waals surface area contributed by atoms with Crippen molar-refractivity contribution in [1.82, 2.24) is 25.2 Å². The monoisotopic (exact) mass is 338 g/mol. The van der Waals surface area contributed by atoms with Crippen LogP contribution in [-0.4, -0.2) is 45.6 Å². The molecule has 1 aliphatic heterocycles. The number of nitrogens with zero attached hydrogens (tertiary/aromatic N) is 5. The predicted molar refractivity (Wildman–Crippen MR) is 92.6 cm³/mol. The number of amides is 2. The van der Waals surface area contributed by atoms with Crippen LogP contribution in [0.1, 0.15) is 24.8 Å². The maximum atomic E-state index is 12.3. The molecule has 130 valence electrons. The molecule has 0 atom stereocenters. The Labute approximate surface area is 147 Å². The third kappa shape index (κ3) is 3.97. The first-order valence-corrected chi connectivity index (χ1v) is 8.57. The summed E-state index contributed by atoms with van der Waals surface area (Å²) in [6.07, 6.45) is 5.58. The zero-order valence-corrected chi connectivity index (χ0v) is 14.1. The van der Waals surface area contributed by atoms with Crippen LogP contribution >= 0.6 is 0 Å². The van der Waals surface area contributed by atoms with Crippen molar-refractivity contribution in [3.63, 3.8) is 0 Å². The van der Waals surface area contributed by atoms with Gasteiger partial charge in [0.15, 0.2) is 0 Å². The summed E-state index contributed by atoms with van der Waals surface area (Å²) in [7, 11) is 0. The Kier molecular flexibility index (Phi) is 5.29. The van der Waals surface area contributed by atoms with Crippen molar-refractivity contribution in [2.45, 2.75) is 31.2 Å². The number of nitrogens with one attached hydrogen (secondary N) is 1. The van der Waals surface area contributed by atoms with Crippen molar-refractivity contribution in [3.8, 4) is 6.07 Å². The SMILES string of the molecule is N#CC1(c2ccccc2)CCN(C(=O)NCCCn2ccnn2)CC1. The predicted octanol–water partition coefficient (Wildman–Crippen LogP) is 1.94. The average Bonchev–Trinajstić information content (AvgIpc) is 3.19. The van der Waals surface area contributed by atoms with E-state index in [9.17, 15) is 10.1 Å². The van der Waals surface area contributed by atoms with Gasteiger partial charge in [0, 0.05) is 32.4 Å². The molecule has 0 saturated carbocycles. The van der Waals surface area contributed by atoms with Crippen LogP contribution in [0.15, 0.2) is 42.7 Å². The minimum absolute atomic E-state index is 0.0572. The highest BCUT2D eigenvalue weighted by atomic mass is 16.2. The molecule has 7 heteroatoms. The molecule has 1 aliphatic rings. The molecule has 0 unspecified atom stereocenters. The highest BCUT2D eigenvalue weighted by Gasteiger charge is 2.37. The Morgan fingerprint density at radius 1 is 1.28 bits per heavy atom. The Balaban J connectivity index is 1.46. The molecule has 2 aromatic rings. The zero-order chi connectivity index (χ0) is 17.5. The lowest BCUT2D eigenvalue weighted by atomic mass is 9.74. The van der Waals surface area contributed by atoms with Gasteiger partial charge in [-0.15, -0.1) is 5.10 Å². The van der Waals surface area contributed by atoms with Gasteiger partial charge in [-0.05, 0) is 24.8 Å². The van der Waals surface area contributed by atoms with E-state index in [-0.39, 0.29) is 6.03 Å². The summed E-state index contributed by atoms with van der Waals surface area (Å²) in [5, 5.41) is 20.3. The average molecular weight is 338 g/mol. The molecule has 0 bridgehead atoms. The number of nitriles is 1. The summed E-state index contributed by atoms with van der Waals surface area (Å²) in [6, 6.07) is 12.3. The van der Waals surface area contributed by atoms with E-state index in [1.54, 1.807) is 22.0 Å². The van der Waals surface area contributed by atoms with E-state index in [0.717, 1.165) is 18.5 Å². The van der Waals surface area contributed by atoms with E-state index >= 15 is 0 Å². The Bertz CT molecular complexity index is 714. The fraction of sp³-hybridized carbons (Fsp3) is 0.444. The topological polar surface area (TPSA) is 86.8 Å². The zero-order valence-electron chi connectivity index (χ0n) is 14.1. The number of carbonyl (C=O) groups excluding carboxylic acids is 1. The normalized spacial score (nSPS) is 16.2. The molecule has 0 spiro atoms. The maximum absolute atomic E-state index is 12.3. The summed E-state index contributed by atoms with van der Waals surface area (Å²) >= 11 is 0. The second kappa shape index (κ2) is 7.79. The molecule has 1 aromatic heterocycles. The van der Waals surface area contributed by atoms with E-state index in [1.165, 1.54) is 0 Å². The lowest BCUT2D eigenvalue weighted by Gasteiger charge is -2.37. The smallest absolute Gasteiger partial charge is 0.317 e. The Morgan fingerprint density at radius 2 is 2.04 bits per heavy atom. The summed E-state index contributed by atoms with van der Waals surface area (Å²) < 4.78 is 1.74. The van der Waals surface area contributed by atoms with E-state index < -0.39 is 5.41 Å². The molecule has 1 N–H and O–H groups in total. The molecular weight excluding hydrogens is 316 g/mol. The number of rotatable bonds is 5. The standard InChI is InChI=1S/C18H22N6O/c19-15-18(16-5-2-1-3-6-16)7-12-23(13-8-18)17(25)20-9-4-11-24-14-10-21-22-24/h1-3,5-6,10,14H,4,7-9,11-13H2,(H,20,25). The third-order valence-corrected chi connectivity index (χ3v) is 4.76. The Hall–Kier alpha value is -2.88. The number of aromatic nitrogens is 3. The minimum atomic E-state index is -0.481. The van der Waals surface area contributed by atoms with Gasteiger partial charge in [0.1, 0.15) is 0 Å². The molecule has 7 nitrogen and oxygen atoms in total. The van der Waals surface area contributed by atoms with Crippen molar-refractivity contribution < 1.29 is 4.79 Å². The van der Waals surface area contributed by atoms with Crippen molar-refractivity contribution in [3.05, 3.63) is 48.3 Å². The minimum Gasteiger partial charge on any atom is -0.338 e. The molecule has 1 saturated heterocycles. The van der Waals surface area contributed by atoms with Crippen LogP contribution < -0.4 is 5.32 Å². The van der Waals surface area contributed by atoms with E-state index in [4.69, 9.17) is 0 Å². The summed E-state index contributed by atoms with van der Waals surface area (Å²) in [6.45, 7) is 2.51. The molecule has 2 heterocycles. The number of benzene rings is 1. The number of urea groups is 1. The van der Waals surface area contributed by atoms with E-state index in [2.05, 4.69) is 21.7 Å². The maximum Gasteiger partial charge on any atom is 0.317 e. The van der Waals surface area contributed by atoms with Gasteiger partial charge < -0.3 is 10.2 Å². The first kappa shape index (κ1) is 17.0. The van der Waals surface area contributed by atoms with Crippen LogP contribution in [0.2, 0.25) is 0 Å². The molecule has 1 fully saturated rings. The number of aryl methyl sites for hydroxylation is 1. The van der Waals surface area contributed by atoms with Crippen LogP contribution in [0.3, 0.4) is 0 Å². The van der Waals surface area contributed by atoms with Gasteiger partial charge in [-0.1, -0.05) is 35.5 Å². The van der Waals surface area contributed by atoms with Gasteiger partial charge in [0.05, 0.1) is 17.7 Å². The molecule has 1 aromatic carbocycles. The van der Waals surface area contributed by atoms with Crippen LogP contribution in [0, 0.1) is 11.3 Å². The number of hydrogen-bond acceptors (Lipinski definition) is 4. The van der Waals surface area contributed by atoms with Gasteiger partial charge in [-0.3, -0.25) is 4.68 Å². The first-order chi connectivity index (χ1) is 12.2. The molecule has 3 rings (SSSR count). The van der Waals surface area contributed by atoms with Gasteiger partial charge in [-0.25, -0.2) is 4.79 Å². The Morgan fingerprint density at radius 3 is 2.68 bits per heavy atom. The molecule has 0 radical (unpaired) electrons. The van der Waals surface area contributed by atoms with E-state index in [0.29, 0.717) is 32.5 Å². The van der Waals surface area contributed by atoms with Crippen molar-refractivity contribution in [1.29, 1.82) is 5.26 Å². The second-order valence-corrected chi connectivity index (χ2v) is 6.30. The number of carbonyl (C=O) groups is 1. The van der Waals surface area contributed by atoms with Gasteiger partial charge >= 0.3 is 6.03 Å². The lowest BCUT2D eigenvalue weighted by molar-refractivity contribution is 0.171. The fourth-order valence-electron chi connectivity index (χ4n) is 3.21. The van der Waals surface area contributed by atoms with Gasteiger partial charge in [0.25, 0.3) is 0 Å². The number of likely N-dealkylation sites (tertiary alicyclic amines) is 1. The van der Waals surface area contributed by atoms with Crippen molar-refractivity contribution in [2.75, 3.05) is 19.6 Å². The quantitative estimate of drug-likeness (QED) is 0.844. The van der Waals surface area contributed by atoms with Crippen LogP contribution in [0.4, 0.5) is 4.79 Å². The summed E-state index contributed by atoms with van der Waals surface area (Å²) in [5.41, 5.74) is 0.566. The second-order valence-electron chi connectivity index (χ2n) is 6.30. The van der Waals surface area contributed by atoms with Crippen molar-refractivity contribution >= 4 is 6.03 Å². The molecule has 2 amide bonds. The van der Waals surface area contributed by atoms with Gasteiger partial charge in [0.2, 0.25) is 0 Å². The number of piperidine rings is 1. The van der Waals surface area contributed by atoms with Crippen LogP contribution in [0.25, 0.3) is 0 Å². The largest absolute Gasteiger partial charge is 0.338 e. The number of hydrogen-bond donors (Lipinski definition) is 1. The molecular formula is C18H22N6O. The fourth-order valence-corrected chi connectivity index (χ4v) is 3.21.